The number of imidazole rings is 1. The van der Waals surface area contributed by atoms with Crippen LogP contribution in [-0.4, -0.2) is 97.6 Å². The molecular weight excluding hydrogens is 882 g/mol. The van der Waals surface area contributed by atoms with Crippen molar-refractivity contribution < 1.29 is 51.9 Å². The Balaban J connectivity index is 2.21. The van der Waals surface area contributed by atoms with Crippen molar-refractivity contribution in [2.45, 2.75) is 246 Å². The zero-order valence-corrected chi connectivity index (χ0v) is 45.5. The molecule has 2 unspecified atom stereocenters. The fourth-order valence-corrected chi connectivity index (χ4v) is 8.95. The lowest BCUT2D eigenvalue weighted by Gasteiger charge is -2.30. The van der Waals surface area contributed by atoms with Crippen molar-refractivity contribution in [3.8, 4) is 0 Å². The maximum absolute atomic E-state index is 12.7. The third-order valence-corrected chi connectivity index (χ3v) is 13.7. The Kier molecular flexibility index (Phi) is 38.9. The number of likely N-dealkylation sites (N-methyl/N-ethyl adjacent to an activating group) is 1. The van der Waals surface area contributed by atoms with Crippen LogP contribution in [0.25, 0.3) is 0 Å². The van der Waals surface area contributed by atoms with Gasteiger partial charge in [-0.25, -0.2) is 4.98 Å². The second-order valence-electron chi connectivity index (χ2n) is 21.0. The van der Waals surface area contributed by atoms with E-state index in [-0.39, 0.29) is 51.7 Å². The van der Waals surface area contributed by atoms with E-state index < -0.39 is 25.5 Å². The molecular formula is C54H103N3O10P+. The number of esters is 3. The molecule has 398 valence electrons. The molecule has 1 aromatic heterocycles. The molecule has 0 aliphatic rings. The maximum atomic E-state index is 12.7. The van der Waals surface area contributed by atoms with Gasteiger partial charge in [0, 0.05) is 25.4 Å². The van der Waals surface area contributed by atoms with Crippen LogP contribution in [-0.2, 0) is 44.2 Å². The molecule has 1 rings (SSSR count). The molecule has 0 fully saturated rings. The first kappa shape index (κ1) is 63.9. The van der Waals surface area contributed by atoms with E-state index in [0.717, 1.165) is 50.9 Å². The van der Waals surface area contributed by atoms with E-state index in [2.05, 4.69) is 29.6 Å². The Hall–Kier alpha value is -2.15. The Bertz CT molecular complexity index is 1370. The highest BCUT2D eigenvalue weighted by Crippen LogP contribution is 2.48. The number of carbonyl (C=O) groups excluding carboxylic acids is 3. The Morgan fingerprint density at radius 2 is 0.971 bits per heavy atom. The van der Waals surface area contributed by atoms with E-state index in [9.17, 15) is 24.2 Å². The van der Waals surface area contributed by atoms with Crippen LogP contribution < -0.4 is 4.89 Å². The van der Waals surface area contributed by atoms with Crippen molar-refractivity contribution in [1.82, 2.24) is 9.55 Å². The monoisotopic (exact) mass is 985 g/mol. The van der Waals surface area contributed by atoms with E-state index in [1.807, 2.05) is 27.3 Å². The van der Waals surface area contributed by atoms with Gasteiger partial charge in [0.1, 0.15) is 38.8 Å². The summed E-state index contributed by atoms with van der Waals surface area (Å²) in [5.41, 5.74) is -1.13. The van der Waals surface area contributed by atoms with E-state index >= 15 is 0 Å². The van der Waals surface area contributed by atoms with Crippen molar-refractivity contribution in [2.75, 3.05) is 60.7 Å². The van der Waals surface area contributed by atoms with Gasteiger partial charge in [0.25, 0.3) is 0 Å². The van der Waals surface area contributed by atoms with Gasteiger partial charge < -0.3 is 28.2 Å². The molecule has 14 heteroatoms. The number of hydrogen-bond donors (Lipinski definition) is 1. The van der Waals surface area contributed by atoms with Crippen LogP contribution in [0.3, 0.4) is 0 Å². The summed E-state index contributed by atoms with van der Waals surface area (Å²) in [5.74, 6) is -0.349. The molecule has 0 saturated heterocycles. The van der Waals surface area contributed by atoms with Crippen LogP contribution in [0.1, 0.15) is 238 Å². The van der Waals surface area contributed by atoms with Gasteiger partial charge in [-0.3, -0.25) is 14.4 Å². The van der Waals surface area contributed by atoms with Crippen molar-refractivity contribution >= 4 is 26.1 Å². The predicted octanol–water partition coefficient (Wildman–Crippen LogP) is 12.9. The summed E-state index contributed by atoms with van der Waals surface area (Å²) < 4.78 is 29.7. The summed E-state index contributed by atoms with van der Waals surface area (Å²) in [6, 6.07) is 0. The molecule has 0 saturated carbocycles. The average molecular weight is 985 g/mol. The number of carbonyl (C=O) groups is 3. The van der Waals surface area contributed by atoms with E-state index in [1.54, 1.807) is 6.92 Å². The third-order valence-electron chi connectivity index (χ3n) is 12.8. The van der Waals surface area contributed by atoms with Crippen molar-refractivity contribution in [3.05, 3.63) is 18.2 Å². The SMILES string of the molecule is CCCCCCCCCCCCCCCCCC(=O)OCC(C)(COC(=O)CCC(=O)OCCCCCCCCCCCCCCCCCCn1ccnc1C)CO[P+]([O-])(O)OCC[N+](C)(C)C. The summed E-state index contributed by atoms with van der Waals surface area (Å²) in [4.78, 5) is 65.1. The van der Waals surface area contributed by atoms with Crippen LogP contribution in [0.4, 0.5) is 0 Å². The molecule has 0 radical (unpaired) electrons. The summed E-state index contributed by atoms with van der Waals surface area (Å²) in [5, 5.41) is 0. The van der Waals surface area contributed by atoms with Gasteiger partial charge in [-0.1, -0.05) is 194 Å². The maximum Gasteiger partial charge on any atom is 0.377 e. The largest absolute Gasteiger partial charge is 0.606 e. The summed E-state index contributed by atoms with van der Waals surface area (Å²) in [6.07, 6.45) is 42.4. The summed E-state index contributed by atoms with van der Waals surface area (Å²) in [7, 11) is 1.38. The fraction of sp³-hybridized carbons (Fsp3) is 0.889. The quantitative estimate of drug-likeness (QED) is 0.0218. The van der Waals surface area contributed by atoms with Gasteiger partial charge in [0.2, 0.25) is 0 Å². The lowest BCUT2D eigenvalue weighted by molar-refractivity contribution is -0.870. The van der Waals surface area contributed by atoms with Crippen LogP contribution in [0.5, 0.6) is 0 Å². The normalized spacial score (nSPS) is 13.6. The van der Waals surface area contributed by atoms with Gasteiger partial charge in [0.15, 0.2) is 0 Å². The first-order valence-electron chi connectivity index (χ1n) is 27.5. The van der Waals surface area contributed by atoms with Crippen LogP contribution in [0.2, 0.25) is 0 Å². The molecule has 1 N–H and O–H groups in total. The van der Waals surface area contributed by atoms with Gasteiger partial charge in [0.05, 0.1) is 46.0 Å². The minimum atomic E-state index is -4.43. The molecule has 0 aromatic carbocycles. The second-order valence-corrected chi connectivity index (χ2v) is 22.4. The second kappa shape index (κ2) is 41.5. The fourth-order valence-electron chi connectivity index (χ4n) is 8.09. The van der Waals surface area contributed by atoms with Crippen molar-refractivity contribution in [1.29, 1.82) is 0 Å². The van der Waals surface area contributed by atoms with Crippen LogP contribution in [0.15, 0.2) is 12.4 Å². The Morgan fingerprint density at radius 3 is 1.40 bits per heavy atom. The van der Waals surface area contributed by atoms with Crippen LogP contribution in [0, 0.1) is 12.3 Å². The molecule has 1 aromatic rings. The van der Waals surface area contributed by atoms with Crippen molar-refractivity contribution in [3.63, 3.8) is 0 Å². The number of unbranched alkanes of at least 4 members (excludes halogenated alkanes) is 29. The minimum absolute atomic E-state index is 0.00400. The molecule has 0 bridgehead atoms. The lowest BCUT2D eigenvalue weighted by atomic mass is 9.94. The average Bonchev–Trinajstić information content (AvgIpc) is 3.71. The number of nitrogens with zero attached hydrogens (tertiary/aromatic N) is 3. The number of phosphoric ester groups is 1. The molecule has 0 aliphatic carbocycles. The molecule has 13 nitrogen and oxygen atoms in total. The number of ether oxygens (including phenoxy) is 3. The number of aromatic nitrogens is 2. The highest BCUT2D eigenvalue weighted by atomic mass is 31.2. The first-order chi connectivity index (χ1) is 32.6. The molecule has 68 heavy (non-hydrogen) atoms. The number of quaternary nitrogens is 1. The molecule has 0 amide bonds. The number of phosphoric acid groups is 1. The first-order valence-corrected chi connectivity index (χ1v) is 29.0. The van der Waals surface area contributed by atoms with Crippen LogP contribution >= 0.6 is 8.17 Å². The molecule has 0 aliphatic heterocycles. The summed E-state index contributed by atoms with van der Waals surface area (Å²) in [6.45, 7) is 7.09. The van der Waals surface area contributed by atoms with E-state index in [1.165, 1.54) is 161 Å². The Labute approximate surface area is 416 Å². The predicted molar refractivity (Wildman–Crippen MR) is 275 cm³/mol. The summed E-state index contributed by atoms with van der Waals surface area (Å²) >= 11 is 0. The van der Waals surface area contributed by atoms with E-state index in [0.29, 0.717) is 17.6 Å². The number of hydrogen-bond acceptors (Lipinski definition) is 11. The highest BCUT2D eigenvalue weighted by molar-refractivity contribution is 7.52. The molecule has 2 atom stereocenters. The standard InChI is InChI=1S/C54H102N3O10P/c1-7-8-9-10-11-12-13-14-17-20-23-26-29-32-35-38-51(58)64-47-54(3,49-67-68(61,62)66-46-44-57(4,5)6)48-65-53(60)40-39-52(59)63-45-37-34-31-28-25-22-19-16-15-18-21-24-27-30-33-36-42-56-43-41-55-50(56)2/h41,43H,7-40,42,44-49H2,1-6H3/p+1. The Morgan fingerprint density at radius 1 is 0.574 bits per heavy atom. The number of aryl methyl sites for hydroxylation is 2. The zero-order chi connectivity index (χ0) is 50.0. The number of rotatable bonds is 49. The third kappa shape index (κ3) is 40.6. The highest BCUT2D eigenvalue weighted by Gasteiger charge is 2.37. The van der Waals surface area contributed by atoms with Gasteiger partial charge in [-0.2, -0.15) is 13.9 Å². The van der Waals surface area contributed by atoms with Gasteiger partial charge in [-0.15, -0.1) is 0 Å². The van der Waals surface area contributed by atoms with Gasteiger partial charge in [-0.05, 0) is 26.2 Å². The van der Waals surface area contributed by atoms with Crippen molar-refractivity contribution in [2.24, 2.45) is 5.41 Å². The topological polar surface area (TPSA) is 158 Å². The van der Waals surface area contributed by atoms with Gasteiger partial charge >= 0.3 is 26.1 Å². The lowest BCUT2D eigenvalue weighted by Crippen LogP contribution is -2.39. The van der Waals surface area contributed by atoms with E-state index in [4.69, 9.17) is 23.3 Å². The zero-order valence-electron chi connectivity index (χ0n) is 44.6. The molecule has 1 heterocycles. The minimum Gasteiger partial charge on any atom is -0.606 e. The smallest absolute Gasteiger partial charge is 0.377 e. The molecule has 0 spiro atoms.